The molecule has 62 valence electrons. The molecule has 11 heavy (non-hydrogen) atoms. The molecule has 0 heterocycles. The predicted octanol–water partition coefficient (Wildman–Crippen LogP) is 1.68. The number of hydrogen-bond donors (Lipinski definition) is 1. The minimum absolute atomic E-state index is 0.128. The van der Waals surface area contributed by atoms with Crippen molar-refractivity contribution in [1.29, 1.82) is 5.26 Å². The maximum Gasteiger partial charge on any atom is 0.0981 e. The third-order valence-corrected chi connectivity index (χ3v) is 2.37. The van der Waals surface area contributed by atoms with Crippen LogP contribution in [-0.4, -0.2) is 12.6 Å². The van der Waals surface area contributed by atoms with Crippen molar-refractivity contribution in [1.82, 2.24) is 5.32 Å². The Morgan fingerprint density at radius 3 is 2.73 bits per heavy atom. The second kappa shape index (κ2) is 4.35. The molecule has 0 aliphatic heterocycles. The van der Waals surface area contributed by atoms with Gasteiger partial charge < -0.3 is 5.32 Å². The predicted molar refractivity (Wildman–Crippen MR) is 45.0 cm³/mol. The maximum absolute atomic E-state index is 8.78. The molecular formula is C9H16N2. The fraction of sp³-hybridized carbons (Fsp3) is 0.889. The monoisotopic (exact) mass is 152 g/mol. The van der Waals surface area contributed by atoms with Crippen LogP contribution in [0.25, 0.3) is 0 Å². The van der Waals surface area contributed by atoms with Crippen molar-refractivity contribution in [3.8, 4) is 6.07 Å². The zero-order chi connectivity index (χ0) is 8.10. The third-order valence-electron chi connectivity index (χ3n) is 2.37. The third kappa shape index (κ3) is 2.20. The van der Waals surface area contributed by atoms with E-state index < -0.39 is 0 Å². The topological polar surface area (TPSA) is 35.8 Å². The zero-order valence-corrected chi connectivity index (χ0v) is 7.14. The lowest BCUT2D eigenvalue weighted by atomic mass is 9.80. The Balaban J connectivity index is 2.20. The van der Waals surface area contributed by atoms with Gasteiger partial charge >= 0.3 is 0 Å². The lowest BCUT2D eigenvalue weighted by molar-refractivity contribution is 0.264. The molecule has 0 aromatic rings. The molecule has 2 nitrogen and oxygen atoms in total. The molecule has 1 N–H and O–H groups in total. The standard InChI is InChI=1S/C9H16N2/c1-2-6-11-9(7-10)8-4-3-5-8/h8-9,11H,2-6H2,1H3. The van der Waals surface area contributed by atoms with E-state index in [1.54, 1.807) is 0 Å². The first kappa shape index (κ1) is 8.55. The summed E-state index contributed by atoms with van der Waals surface area (Å²) in [7, 11) is 0. The summed E-state index contributed by atoms with van der Waals surface area (Å²) < 4.78 is 0. The molecule has 1 atom stereocenters. The Kier molecular flexibility index (Phi) is 3.38. The molecular weight excluding hydrogens is 136 g/mol. The highest BCUT2D eigenvalue weighted by Crippen LogP contribution is 2.29. The van der Waals surface area contributed by atoms with E-state index in [9.17, 15) is 0 Å². The number of nitriles is 1. The number of nitrogens with zero attached hydrogens (tertiary/aromatic N) is 1. The average Bonchev–Trinajstić information content (AvgIpc) is 1.93. The van der Waals surface area contributed by atoms with Gasteiger partial charge in [0.1, 0.15) is 0 Å². The molecule has 1 aliphatic carbocycles. The van der Waals surface area contributed by atoms with E-state index in [-0.39, 0.29) is 6.04 Å². The SMILES string of the molecule is CCCNC(C#N)C1CCC1. The van der Waals surface area contributed by atoms with Crippen molar-refractivity contribution in [2.24, 2.45) is 5.92 Å². The van der Waals surface area contributed by atoms with Crippen LogP contribution < -0.4 is 5.32 Å². The molecule has 1 aliphatic rings. The van der Waals surface area contributed by atoms with Crippen LogP contribution in [0.4, 0.5) is 0 Å². The van der Waals surface area contributed by atoms with Crippen molar-refractivity contribution >= 4 is 0 Å². The van der Waals surface area contributed by atoms with Crippen LogP contribution in [0.1, 0.15) is 32.6 Å². The summed E-state index contributed by atoms with van der Waals surface area (Å²) in [6.45, 7) is 3.11. The molecule has 0 aromatic carbocycles. The van der Waals surface area contributed by atoms with Gasteiger partial charge in [0.25, 0.3) is 0 Å². The van der Waals surface area contributed by atoms with Gasteiger partial charge in [-0.25, -0.2) is 0 Å². The molecule has 1 rings (SSSR count). The van der Waals surface area contributed by atoms with Crippen LogP contribution >= 0.6 is 0 Å². The van der Waals surface area contributed by atoms with Gasteiger partial charge in [-0.3, -0.25) is 0 Å². The highest BCUT2D eigenvalue weighted by atomic mass is 14.9. The molecule has 1 fully saturated rings. The molecule has 0 radical (unpaired) electrons. The summed E-state index contributed by atoms with van der Waals surface area (Å²) >= 11 is 0. The second-order valence-corrected chi connectivity index (χ2v) is 3.25. The Bertz CT molecular complexity index is 144. The summed E-state index contributed by atoms with van der Waals surface area (Å²) in [5, 5.41) is 12.0. The summed E-state index contributed by atoms with van der Waals surface area (Å²) in [6.07, 6.45) is 4.92. The van der Waals surface area contributed by atoms with Crippen LogP contribution in [-0.2, 0) is 0 Å². The van der Waals surface area contributed by atoms with Gasteiger partial charge in [0.2, 0.25) is 0 Å². The summed E-state index contributed by atoms with van der Waals surface area (Å²) in [5.41, 5.74) is 0. The van der Waals surface area contributed by atoms with E-state index in [1.807, 2.05) is 0 Å². The van der Waals surface area contributed by atoms with Crippen LogP contribution in [0.2, 0.25) is 0 Å². The zero-order valence-electron chi connectivity index (χ0n) is 7.14. The van der Waals surface area contributed by atoms with Crippen LogP contribution in [0.3, 0.4) is 0 Å². The van der Waals surface area contributed by atoms with Crippen molar-refractivity contribution in [2.75, 3.05) is 6.54 Å². The summed E-state index contributed by atoms with van der Waals surface area (Å²) in [5.74, 6) is 0.645. The fourth-order valence-electron chi connectivity index (χ4n) is 1.39. The molecule has 0 spiro atoms. The van der Waals surface area contributed by atoms with E-state index in [0.29, 0.717) is 5.92 Å². The lowest BCUT2D eigenvalue weighted by Crippen LogP contribution is -2.38. The van der Waals surface area contributed by atoms with E-state index >= 15 is 0 Å². The van der Waals surface area contributed by atoms with Gasteiger partial charge in [0.05, 0.1) is 12.1 Å². The lowest BCUT2D eigenvalue weighted by Gasteiger charge is -2.29. The average molecular weight is 152 g/mol. The highest BCUT2D eigenvalue weighted by molar-refractivity contribution is 4.97. The van der Waals surface area contributed by atoms with E-state index in [0.717, 1.165) is 13.0 Å². The van der Waals surface area contributed by atoms with Gasteiger partial charge in [0.15, 0.2) is 0 Å². The number of hydrogen-bond acceptors (Lipinski definition) is 2. The molecule has 2 heteroatoms. The Morgan fingerprint density at radius 2 is 2.36 bits per heavy atom. The van der Waals surface area contributed by atoms with Crippen molar-refractivity contribution in [2.45, 2.75) is 38.6 Å². The smallest absolute Gasteiger partial charge is 0.0981 e. The van der Waals surface area contributed by atoms with Crippen molar-refractivity contribution in [3.05, 3.63) is 0 Å². The summed E-state index contributed by atoms with van der Waals surface area (Å²) in [6, 6.07) is 2.46. The van der Waals surface area contributed by atoms with Gasteiger partial charge in [-0.05, 0) is 31.7 Å². The first-order valence-corrected chi connectivity index (χ1v) is 4.51. The molecule has 1 saturated carbocycles. The van der Waals surface area contributed by atoms with Gasteiger partial charge in [0, 0.05) is 0 Å². The minimum Gasteiger partial charge on any atom is -0.302 e. The first-order valence-electron chi connectivity index (χ1n) is 4.51. The van der Waals surface area contributed by atoms with Crippen molar-refractivity contribution < 1.29 is 0 Å². The van der Waals surface area contributed by atoms with Gasteiger partial charge in [-0.15, -0.1) is 0 Å². The van der Waals surface area contributed by atoms with E-state index in [2.05, 4.69) is 18.3 Å². The molecule has 0 amide bonds. The first-order chi connectivity index (χ1) is 5.38. The van der Waals surface area contributed by atoms with Crippen LogP contribution in [0.5, 0.6) is 0 Å². The van der Waals surface area contributed by atoms with Crippen LogP contribution in [0.15, 0.2) is 0 Å². The minimum atomic E-state index is 0.128. The normalized spacial score (nSPS) is 20.4. The van der Waals surface area contributed by atoms with Gasteiger partial charge in [-0.1, -0.05) is 13.3 Å². The van der Waals surface area contributed by atoms with E-state index in [4.69, 9.17) is 5.26 Å². The second-order valence-electron chi connectivity index (χ2n) is 3.25. The Hall–Kier alpha value is -0.550. The van der Waals surface area contributed by atoms with Crippen LogP contribution in [0, 0.1) is 17.2 Å². The summed E-state index contributed by atoms with van der Waals surface area (Å²) in [4.78, 5) is 0. The molecule has 0 bridgehead atoms. The molecule has 0 aromatic heterocycles. The largest absolute Gasteiger partial charge is 0.302 e. The molecule has 1 unspecified atom stereocenters. The Labute approximate surface area is 68.6 Å². The van der Waals surface area contributed by atoms with Gasteiger partial charge in [-0.2, -0.15) is 5.26 Å². The quantitative estimate of drug-likeness (QED) is 0.665. The van der Waals surface area contributed by atoms with Crippen molar-refractivity contribution in [3.63, 3.8) is 0 Å². The highest BCUT2D eigenvalue weighted by Gasteiger charge is 2.26. The van der Waals surface area contributed by atoms with E-state index in [1.165, 1.54) is 19.3 Å². The fourth-order valence-corrected chi connectivity index (χ4v) is 1.39. The molecule has 0 saturated heterocycles. The number of rotatable bonds is 4. The number of nitrogens with one attached hydrogen (secondary N) is 1. The maximum atomic E-state index is 8.78. The Morgan fingerprint density at radius 1 is 1.64 bits per heavy atom.